The average molecular weight is 187 g/mol. The molecular weight excluding hydrogens is 183 g/mol. The fraction of sp³-hybridized carbons (Fsp3) is 0.143. The van der Waals surface area contributed by atoms with Gasteiger partial charge in [0.1, 0.15) is 6.07 Å². The van der Waals surface area contributed by atoms with Crippen LogP contribution in [0.1, 0.15) is 17.6 Å². The molecule has 0 saturated heterocycles. The maximum Gasteiger partial charge on any atom is 0.270 e. The molecule has 0 unspecified atom stereocenters. The fourth-order valence-corrected chi connectivity index (χ4v) is 0.813. The summed E-state index contributed by atoms with van der Waals surface area (Å²) in [5, 5.41) is 8.38. The second-order valence-electron chi connectivity index (χ2n) is 2.20. The van der Waals surface area contributed by atoms with Crippen molar-refractivity contribution >= 4 is 5.69 Å². The molecule has 0 bridgehead atoms. The van der Waals surface area contributed by atoms with Gasteiger partial charge in [-0.2, -0.15) is 9.65 Å². The molecule has 1 rings (SSSR count). The molecule has 0 aliphatic carbocycles. The number of nitrogens with zero attached hydrogens (tertiary/aromatic N) is 2. The lowest BCUT2D eigenvalue weighted by Gasteiger charge is -2.05. The third-order valence-corrected chi connectivity index (χ3v) is 1.45. The number of rotatable bonds is 1. The highest BCUT2D eigenvalue weighted by molar-refractivity contribution is 5.58. The minimum atomic E-state index is -3.07. The normalized spacial score (nSPS) is 10.1. The van der Waals surface area contributed by atoms with Crippen LogP contribution in [0.2, 0.25) is 0 Å². The number of halogens is 3. The van der Waals surface area contributed by atoms with Crippen molar-refractivity contribution in [3.8, 4) is 6.07 Å². The van der Waals surface area contributed by atoms with Gasteiger partial charge in [0.2, 0.25) is 5.95 Å². The lowest BCUT2D eigenvalue weighted by atomic mass is 10.1. The maximum atomic E-state index is 12.6. The number of hydrogen-bond acceptors (Lipinski definition) is 3. The molecule has 0 aromatic carbocycles. The molecule has 1 aromatic rings. The summed E-state index contributed by atoms with van der Waals surface area (Å²) in [4.78, 5) is 2.98. The van der Waals surface area contributed by atoms with Crippen LogP contribution in [0.3, 0.4) is 0 Å². The summed E-state index contributed by atoms with van der Waals surface area (Å²) in [6, 6.07) is 1.53. The zero-order valence-electron chi connectivity index (χ0n) is 6.26. The minimum absolute atomic E-state index is 0.253. The number of anilines is 1. The van der Waals surface area contributed by atoms with E-state index in [1.807, 2.05) is 0 Å². The van der Waals surface area contributed by atoms with Crippen molar-refractivity contribution in [2.24, 2.45) is 0 Å². The number of nitrogen functional groups attached to an aromatic ring is 1. The Morgan fingerprint density at radius 2 is 2.15 bits per heavy atom. The van der Waals surface area contributed by atoms with Crippen LogP contribution in [0.4, 0.5) is 18.9 Å². The van der Waals surface area contributed by atoms with Gasteiger partial charge in [-0.25, -0.2) is 13.8 Å². The van der Waals surface area contributed by atoms with Gasteiger partial charge in [-0.15, -0.1) is 0 Å². The third-order valence-electron chi connectivity index (χ3n) is 1.45. The molecule has 0 radical (unpaired) electrons. The molecule has 0 amide bonds. The van der Waals surface area contributed by atoms with E-state index in [2.05, 4.69) is 4.98 Å². The molecule has 0 aliphatic heterocycles. The highest BCUT2D eigenvalue weighted by Gasteiger charge is 2.20. The summed E-state index contributed by atoms with van der Waals surface area (Å²) in [6.07, 6.45) is -2.25. The van der Waals surface area contributed by atoms with E-state index < -0.39 is 23.6 Å². The Morgan fingerprint density at radius 1 is 1.54 bits per heavy atom. The van der Waals surface area contributed by atoms with Gasteiger partial charge in [0.25, 0.3) is 6.43 Å². The number of alkyl halides is 2. The summed E-state index contributed by atoms with van der Waals surface area (Å²) < 4.78 is 36.9. The smallest absolute Gasteiger partial charge is 0.270 e. The van der Waals surface area contributed by atoms with Crippen LogP contribution in [-0.4, -0.2) is 4.98 Å². The quantitative estimate of drug-likeness (QED) is 0.679. The zero-order chi connectivity index (χ0) is 10.0. The Morgan fingerprint density at radius 3 is 2.62 bits per heavy atom. The monoisotopic (exact) mass is 187 g/mol. The lowest BCUT2D eigenvalue weighted by molar-refractivity contribution is 0.146. The van der Waals surface area contributed by atoms with Gasteiger partial charge in [-0.3, -0.25) is 0 Å². The SMILES string of the molecule is N#Cc1cnc(F)c(C(F)F)c1N. The van der Waals surface area contributed by atoms with Crippen LogP contribution in [0.5, 0.6) is 0 Å². The Hall–Kier alpha value is -1.77. The Bertz CT molecular complexity index is 370. The number of hydrogen-bond donors (Lipinski definition) is 1. The molecule has 0 aliphatic rings. The molecule has 1 heterocycles. The van der Waals surface area contributed by atoms with Gasteiger partial charge < -0.3 is 5.73 Å². The van der Waals surface area contributed by atoms with Crippen molar-refractivity contribution in [2.45, 2.75) is 6.43 Å². The molecule has 0 spiro atoms. The summed E-state index contributed by atoms with van der Waals surface area (Å²) in [5.41, 5.74) is 3.29. The van der Waals surface area contributed by atoms with E-state index >= 15 is 0 Å². The first-order valence-corrected chi connectivity index (χ1v) is 3.20. The van der Waals surface area contributed by atoms with E-state index in [9.17, 15) is 13.2 Å². The van der Waals surface area contributed by atoms with E-state index in [0.29, 0.717) is 0 Å². The molecule has 3 nitrogen and oxygen atoms in total. The van der Waals surface area contributed by atoms with Crippen LogP contribution in [0.15, 0.2) is 6.20 Å². The van der Waals surface area contributed by atoms with E-state index in [1.165, 1.54) is 6.07 Å². The van der Waals surface area contributed by atoms with Crippen LogP contribution >= 0.6 is 0 Å². The standard InChI is InChI=1S/C7H4F3N3/c8-6(9)4-5(12)3(1-11)2-13-7(4)10/h2,6H,(H2,12,13). The number of nitriles is 1. The van der Waals surface area contributed by atoms with Crippen molar-refractivity contribution in [1.82, 2.24) is 4.98 Å². The Kier molecular flexibility index (Phi) is 2.37. The number of aromatic nitrogens is 1. The van der Waals surface area contributed by atoms with E-state index in [1.54, 1.807) is 0 Å². The number of pyridine rings is 1. The van der Waals surface area contributed by atoms with Crippen LogP contribution in [0.25, 0.3) is 0 Å². The van der Waals surface area contributed by atoms with Gasteiger partial charge in [0, 0.05) is 0 Å². The van der Waals surface area contributed by atoms with Crippen molar-refractivity contribution in [3.05, 3.63) is 23.3 Å². The van der Waals surface area contributed by atoms with Gasteiger partial charge in [-0.05, 0) is 0 Å². The summed E-state index contributed by atoms with van der Waals surface area (Å²) >= 11 is 0. The molecule has 0 saturated carbocycles. The molecule has 0 atom stereocenters. The Labute approximate surface area is 71.6 Å². The first-order valence-electron chi connectivity index (χ1n) is 3.20. The first kappa shape index (κ1) is 9.32. The predicted octanol–water partition coefficient (Wildman–Crippen LogP) is 1.61. The summed E-state index contributed by atoms with van der Waals surface area (Å²) in [6.45, 7) is 0. The molecule has 13 heavy (non-hydrogen) atoms. The lowest BCUT2D eigenvalue weighted by Crippen LogP contribution is -2.03. The van der Waals surface area contributed by atoms with Gasteiger partial charge >= 0.3 is 0 Å². The maximum absolute atomic E-state index is 12.6. The van der Waals surface area contributed by atoms with Gasteiger partial charge in [0.05, 0.1) is 23.0 Å². The zero-order valence-corrected chi connectivity index (χ0v) is 6.26. The number of nitrogens with two attached hydrogens (primary N) is 1. The minimum Gasteiger partial charge on any atom is -0.397 e. The van der Waals surface area contributed by atoms with Crippen LogP contribution in [-0.2, 0) is 0 Å². The average Bonchev–Trinajstić information content (AvgIpc) is 2.04. The Balaban J connectivity index is 3.41. The summed E-state index contributed by atoms with van der Waals surface area (Å²) in [5.74, 6) is -1.34. The second-order valence-corrected chi connectivity index (χ2v) is 2.20. The fourth-order valence-electron chi connectivity index (χ4n) is 0.813. The molecule has 0 fully saturated rings. The van der Waals surface area contributed by atoms with Crippen molar-refractivity contribution < 1.29 is 13.2 Å². The van der Waals surface area contributed by atoms with Crippen molar-refractivity contribution in [2.75, 3.05) is 5.73 Å². The second kappa shape index (κ2) is 3.31. The molecule has 2 N–H and O–H groups in total. The van der Waals surface area contributed by atoms with Gasteiger partial charge in [-0.1, -0.05) is 0 Å². The van der Waals surface area contributed by atoms with Crippen molar-refractivity contribution in [1.29, 1.82) is 5.26 Å². The predicted molar refractivity (Wildman–Crippen MR) is 38.3 cm³/mol. The first-order chi connectivity index (χ1) is 6.07. The van der Waals surface area contributed by atoms with E-state index in [4.69, 9.17) is 11.0 Å². The molecule has 1 aromatic heterocycles. The molecule has 68 valence electrons. The van der Waals surface area contributed by atoms with Crippen molar-refractivity contribution in [3.63, 3.8) is 0 Å². The third kappa shape index (κ3) is 1.54. The highest BCUT2D eigenvalue weighted by atomic mass is 19.3. The van der Waals surface area contributed by atoms with Gasteiger partial charge in [0.15, 0.2) is 0 Å². The molecular formula is C7H4F3N3. The molecule has 6 heteroatoms. The van der Waals surface area contributed by atoms with E-state index in [-0.39, 0.29) is 5.56 Å². The van der Waals surface area contributed by atoms with Crippen LogP contribution in [0, 0.1) is 17.3 Å². The topological polar surface area (TPSA) is 62.7 Å². The summed E-state index contributed by atoms with van der Waals surface area (Å²) in [7, 11) is 0. The highest BCUT2D eigenvalue weighted by Crippen LogP contribution is 2.28. The largest absolute Gasteiger partial charge is 0.397 e. The van der Waals surface area contributed by atoms with Crippen LogP contribution < -0.4 is 5.73 Å². The van der Waals surface area contributed by atoms with E-state index in [0.717, 1.165) is 6.20 Å².